The Hall–Kier alpha value is -2.71. The zero-order chi connectivity index (χ0) is 24.6. The van der Waals surface area contributed by atoms with Gasteiger partial charge in [0.05, 0.1) is 11.8 Å². The van der Waals surface area contributed by atoms with Gasteiger partial charge >= 0.3 is 0 Å². The largest absolute Gasteiger partial charge is 0.355 e. The number of thioether (sulfide) groups is 1. The summed E-state index contributed by atoms with van der Waals surface area (Å²) in [6, 6.07) is 16.7. The van der Waals surface area contributed by atoms with Gasteiger partial charge in [-0.1, -0.05) is 55.4 Å². The summed E-state index contributed by atoms with van der Waals surface area (Å²) in [6.45, 7) is 6.94. The number of carbonyl (C=O) groups is 1. The Morgan fingerprint density at radius 1 is 1.06 bits per heavy atom. The lowest BCUT2D eigenvalue weighted by molar-refractivity contribution is -0.118. The van der Waals surface area contributed by atoms with Crippen LogP contribution in [0.3, 0.4) is 0 Å². The van der Waals surface area contributed by atoms with Crippen molar-refractivity contribution in [1.82, 2.24) is 25.0 Å². The second-order valence-corrected chi connectivity index (χ2v) is 9.98. The predicted octanol–water partition coefficient (Wildman–Crippen LogP) is 5.36. The van der Waals surface area contributed by atoms with E-state index in [9.17, 15) is 9.18 Å². The molecule has 0 spiro atoms. The first-order chi connectivity index (χ1) is 17.1. The number of likely N-dealkylation sites (tertiary alicyclic amines) is 1. The Balaban J connectivity index is 1.46. The van der Waals surface area contributed by atoms with Crippen LogP contribution >= 0.6 is 11.8 Å². The number of piperidine rings is 1. The third kappa shape index (κ3) is 6.49. The summed E-state index contributed by atoms with van der Waals surface area (Å²) in [5.74, 6) is 1.01. The molecule has 6 nitrogen and oxygen atoms in total. The molecule has 0 bridgehead atoms. The second kappa shape index (κ2) is 12.3. The third-order valence-electron chi connectivity index (χ3n) is 6.70. The second-order valence-electron chi connectivity index (χ2n) is 9.03. The molecule has 1 fully saturated rings. The van der Waals surface area contributed by atoms with Crippen molar-refractivity contribution in [2.45, 2.75) is 56.6 Å². The summed E-state index contributed by atoms with van der Waals surface area (Å²) in [5, 5.41) is 12.7. The lowest BCUT2D eigenvalue weighted by atomic mass is 9.96. The van der Waals surface area contributed by atoms with Crippen LogP contribution in [0.15, 0.2) is 59.8 Å². The highest BCUT2D eigenvalue weighted by atomic mass is 32.2. The Labute approximate surface area is 211 Å². The number of hydrogen-bond donors (Lipinski definition) is 1. The van der Waals surface area contributed by atoms with E-state index in [1.54, 1.807) is 12.1 Å². The molecule has 0 saturated carbocycles. The average molecular weight is 496 g/mol. The van der Waals surface area contributed by atoms with Gasteiger partial charge < -0.3 is 5.32 Å². The zero-order valence-corrected chi connectivity index (χ0v) is 21.3. The summed E-state index contributed by atoms with van der Waals surface area (Å²) in [7, 11) is 0. The van der Waals surface area contributed by atoms with Gasteiger partial charge in [-0.05, 0) is 69.1 Å². The number of carbonyl (C=O) groups excluding carboxylic acids is 1. The predicted molar refractivity (Wildman–Crippen MR) is 138 cm³/mol. The highest BCUT2D eigenvalue weighted by molar-refractivity contribution is 7.99. The van der Waals surface area contributed by atoms with E-state index in [0.29, 0.717) is 11.7 Å². The van der Waals surface area contributed by atoms with Gasteiger partial charge in [0.15, 0.2) is 11.0 Å². The van der Waals surface area contributed by atoms with Crippen LogP contribution in [0.1, 0.15) is 62.9 Å². The molecule has 35 heavy (non-hydrogen) atoms. The van der Waals surface area contributed by atoms with Gasteiger partial charge in [-0.15, -0.1) is 10.2 Å². The molecular weight excluding hydrogens is 461 g/mol. The van der Waals surface area contributed by atoms with Crippen LogP contribution in [0.5, 0.6) is 0 Å². The highest BCUT2D eigenvalue weighted by Gasteiger charge is 2.26. The number of nitrogens with zero attached hydrogens (tertiary/aromatic N) is 4. The fourth-order valence-corrected chi connectivity index (χ4v) is 5.38. The molecular formula is C27H34FN5OS. The van der Waals surface area contributed by atoms with E-state index in [1.807, 2.05) is 22.8 Å². The zero-order valence-electron chi connectivity index (χ0n) is 20.5. The van der Waals surface area contributed by atoms with Crippen LogP contribution in [0.25, 0.3) is 5.69 Å². The average Bonchev–Trinajstić information content (AvgIpc) is 3.33. The first kappa shape index (κ1) is 25.4. The molecule has 8 heteroatoms. The fraction of sp³-hybridized carbons (Fsp3) is 0.444. The molecule has 1 saturated heterocycles. The minimum atomic E-state index is -0.287. The van der Waals surface area contributed by atoms with Gasteiger partial charge in [-0.2, -0.15) is 0 Å². The summed E-state index contributed by atoms with van der Waals surface area (Å²) in [6.07, 6.45) is 4.57. The number of halogens is 1. The van der Waals surface area contributed by atoms with Crippen LogP contribution in [0.2, 0.25) is 0 Å². The molecule has 2 heterocycles. The molecule has 2 unspecified atom stereocenters. The number of hydrogen-bond acceptors (Lipinski definition) is 5. The maximum absolute atomic E-state index is 13.6. The smallest absolute Gasteiger partial charge is 0.230 e. The van der Waals surface area contributed by atoms with E-state index in [-0.39, 0.29) is 29.4 Å². The van der Waals surface area contributed by atoms with Gasteiger partial charge in [0.2, 0.25) is 5.91 Å². The molecule has 2 aromatic carbocycles. The Morgan fingerprint density at radius 2 is 1.77 bits per heavy atom. The van der Waals surface area contributed by atoms with E-state index in [4.69, 9.17) is 0 Å². The molecule has 1 aliphatic heterocycles. The molecule has 0 radical (unpaired) electrons. The first-order valence-electron chi connectivity index (χ1n) is 12.5. The Bertz CT molecular complexity index is 1080. The molecule has 0 aliphatic carbocycles. The Morgan fingerprint density at radius 3 is 2.46 bits per heavy atom. The van der Waals surface area contributed by atoms with Crippen molar-refractivity contribution >= 4 is 17.7 Å². The van der Waals surface area contributed by atoms with Crippen molar-refractivity contribution in [3.63, 3.8) is 0 Å². The van der Waals surface area contributed by atoms with Gasteiger partial charge in [0, 0.05) is 18.2 Å². The SMILES string of the molecule is CCC(CNC(=O)CSc1nnc(C(C)N2CCCCC2)n1-c1ccc(F)cc1)c1ccccc1. The van der Waals surface area contributed by atoms with Crippen molar-refractivity contribution in [2.75, 3.05) is 25.4 Å². The van der Waals surface area contributed by atoms with Crippen molar-refractivity contribution in [1.29, 1.82) is 0 Å². The normalized spacial score (nSPS) is 16.1. The summed E-state index contributed by atoms with van der Waals surface area (Å²) < 4.78 is 15.6. The number of nitrogens with one attached hydrogen (secondary N) is 1. The molecule has 1 N–H and O–H groups in total. The van der Waals surface area contributed by atoms with Crippen LogP contribution in [-0.2, 0) is 4.79 Å². The van der Waals surface area contributed by atoms with E-state index >= 15 is 0 Å². The summed E-state index contributed by atoms with van der Waals surface area (Å²) in [4.78, 5) is 15.1. The van der Waals surface area contributed by atoms with E-state index < -0.39 is 0 Å². The highest BCUT2D eigenvalue weighted by Crippen LogP contribution is 2.29. The van der Waals surface area contributed by atoms with Crippen LogP contribution < -0.4 is 5.32 Å². The van der Waals surface area contributed by atoms with Gasteiger partial charge in [0.1, 0.15) is 5.82 Å². The van der Waals surface area contributed by atoms with Crippen molar-refractivity contribution in [3.05, 3.63) is 71.8 Å². The van der Waals surface area contributed by atoms with Gasteiger partial charge in [-0.3, -0.25) is 14.3 Å². The number of aromatic nitrogens is 3. The summed E-state index contributed by atoms with van der Waals surface area (Å²) >= 11 is 1.36. The minimum absolute atomic E-state index is 0.0383. The lowest BCUT2D eigenvalue weighted by Crippen LogP contribution is -2.33. The van der Waals surface area contributed by atoms with E-state index in [1.165, 1.54) is 48.7 Å². The molecule has 4 rings (SSSR count). The van der Waals surface area contributed by atoms with Crippen molar-refractivity contribution < 1.29 is 9.18 Å². The van der Waals surface area contributed by atoms with Crippen molar-refractivity contribution in [2.24, 2.45) is 0 Å². The maximum Gasteiger partial charge on any atom is 0.230 e. The van der Waals surface area contributed by atoms with Gasteiger partial charge in [0.25, 0.3) is 0 Å². The summed E-state index contributed by atoms with van der Waals surface area (Å²) in [5.41, 5.74) is 2.03. The molecule has 1 aromatic heterocycles. The number of rotatable bonds is 10. The third-order valence-corrected chi connectivity index (χ3v) is 7.63. The molecule has 186 valence electrons. The van der Waals surface area contributed by atoms with Crippen molar-refractivity contribution in [3.8, 4) is 5.69 Å². The first-order valence-corrected chi connectivity index (χ1v) is 13.4. The lowest BCUT2D eigenvalue weighted by Gasteiger charge is -2.31. The van der Waals surface area contributed by atoms with Gasteiger partial charge in [-0.25, -0.2) is 4.39 Å². The van der Waals surface area contributed by atoms with E-state index in [2.05, 4.69) is 46.4 Å². The van der Waals surface area contributed by atoms with Crippen LogP contribution in [0, 0.1) is 5.82 Å². The maximum atomic E-state index is 13.6. The minimum Gasteiger partial charge on any atom is -0.355 e. The van der Waals surface area contributed by atoms with Crippen LogP contribution in [0.4, 0.5) is 4.39 Å². The van der Waals surface area contributed by atoms with Crippen LogP contribution in [-0.4, -0.2) is 51.0 Å². The monoisotopic (exact) mass is 495 g/mol. The Kier molecular flexibility index (Phi) is 8.93. The number of benzene rings is 2. The van der Waals surface area contributed by atoms with E-state index in [0.717, 1.165) is 31.0 Å². The fourth-order valence-electron chi connectivity index (χ4n) is 4.59. The molecule has 3 aromatic rings. The molecule has 1 aliphatic rings. The number of amides is 1. The standard InChI is InChI=1S/C27H34FN5OS/c1-3-21(22-10-6-4-7-11-22)18-29-25(34)19-35-27-31-30-26(20(2)32-16-8-5-9-17-32)33(27)24-14-12-23(28)13-15-24/h4,6-7,10-15,20-21H,3,5,8-9,16-19H2,1-2H3,(H,29,34). The quantitative estimate of drug-likeness (QED) is 0.384. The molecule has 2 atom stereocenters. The molecule has 1 amide bonds. The topological polar surface area (TPSA) is 63.1 Å².